The van der Waals surface area contributed by atoms with Crippen LogP contribution in [0.3, 0.4) is 0 Å². The van der Waals surface area contributed by atoms with E-state index in [2.05, 4.69) is 5.10 Å². The molecule has 0 bridgehead atoms. The third-order valence-electron chi connectivity index (χ3n) is 3.62. The van der Waals surface area contributed by atoms with Gasteiger partial charge in [0.15, 0.2) is 5.75 Å². The highest BCUT2D eigenvalue weighted by molar-refractivity contribution is 6.40. The van der Waals surface area contributed by atoms with Crippen LogP contribution in [0.5, 0.6) is 5.75 Å². The number of ether oxygens (including phenoxy) is 1. The number of allylic oxidation sites excluding steroid dienone is 1. The summed E-state index contributed by atoms with van der Waals surface area (Å²) in [5.74, 6) is 1.21. The van der Waals surface area contributed by atoms with Gasteiger partial charge in [0, 0.05) is 17.8 Å². The number of aryl methyl sites for hydroxylation is 1. The Morgan fingerprint density at radius 3 is 2.63 bits per heavy atom. The fourth-order valence-electron chi connectivity index (χ4n) is 2.28. The van der Waals surface area contributed by atoms with Crippen LogP contribution < -0.4 is 4.74 Å². The van der Waals surface area contributed by atoms with Gasteiger partial charge in [0.05, 0.1) is 10.0 Å². The highest BCUT2D eigenvalue weighted by Gasteiger charge is 2.11. The number of halogens is 3. The fourth-order valence-corrected chi connectivity index (χ4v) is 3.21. The molecule has 0 amide bonds. The molecular weight excluding hydrogens is 411 g/mol. The molecule has 0 N–H and O–H groups in total. The predicted molar refractivity (Wildman–Crippen MR) is 106 cm³/mol. The van der Waals surface area contributed by atoms with E-state index in [-0.39, 0.29) is 12.4 Å². The van der Waals surface area contributed by atoms with E-state index in [1.807, 2.05) is 6.92 Å². The second kappa shape index (κ2) is 8.65. The summed E-state index contributed by atoms with van der Waals surface area (Å²) >= 11 is 18.0. The Bertz CT molecular complexity index is 969. The molecule has 3 rings (SSSR count). The number of benzene rings is 1. The minimum absolute atomic E-state index is 0.129. The first-order valence-corrected chi connectivity index (χ1v) is 9.21. The lowest BCUT2D eigenvalue weighted by atomic mass is 10.2. The maximum Gasteiger partial charge on any atom is 0.206 e. The molecular formula is C19H15Cl3N2O3. The number of ketones is 1. The van der Waals surface area contributed by atoms with E-state index in [4.69, 9.17) is 44.0 Å². The van der Waals surface area contributed by atoms with Gasteiger partial charge >= 0.3 is 0 Å². The summed E-state index contributed by atoms with van der Waals surface area (Å²) in [5.41, 5.74) is 0.384. The molecule has 2 aromatic heterocycles. The molecule has 2 heterocycles. The van der Waals surface area contributed by atoms with E-state index in [1.54, 1.807) is 47.3 Å². The maximum atomic E-state index is 12.1. The van der Waals surface area contributed by atoms with Crippen molar-refractivity contribution >= 4 is 46.7 Å². The van der Waals surface area contributed by atoms with Crippen molar-refractivity contribution in [2.24, 2.45) is 0 Å². The van der Waals surface area contributed by atoms with Crippen LogP contribution in [0, 0.1) is 0 Å². The van der Waals surface area contributed by atoms with Gasteiger partial charge in [-0.15, -0.1) is 0 Å². The highest BCUT2D eigenvalue weighted by atomic mass is 35.5. The van der Waals surface area contributed by atoms with Crippen LogP contribution in [0.25, 0.3) is 6.08 Å². The zero-order chi connectivity index (χ0) is 19.4. The third kappa shape index (κ3) is 4.95. The summed E-state index contributed by atoms with van der Waals surface area (Å²) < 4.78 is 12.9. The van der Waals surface area contributed by atoms with E-state index < -0.39 is 0 Å². The van der Waals surface area contributed by atoms with Crippen LogP contribution in [0.15, 0.2) is 47.0 Å². The first kappa shape index (κ1) is 19.5. The van der Waals surface area contributed by atoms with E-state index in [0.29, 0.717) is 44.6 Å². The number of hydrogen-bond donors (Lipinski definition) is 0. The number of aromatic nitrogens is 2. The van der Waals surface area contributed by atoms with E-state index in [0.717, 1.165) is 0 Å². The summed E-state index contributed by atoms with van der Waals surface area (Å²) in [5, 5.41) is 5.22. The van der Waals surface area contributed by atoms with Gasteiger partial charge in [-0.3, -0.25) is 9.48 Å². The first-order valence-electron chi connectivity index (χ1n) is 8.08. The fraction of sp³-hybridized carbons (Fsp3) is 0.158. The molecule has 0 radical (unpaired) electrons. The zero-order valence-corrected chi connectivity index (χ0v) is 16.6. The molecule has 0 fully saturated rings. The van der Waals surface area contributed by atoms with Crippen molar-refractivity contribution in [2.75, 3.05) is 0 Å². The molecule has 3 aromatic rings. The van der Waals surface area contributed by atoms with Crippen molar-refractivity contribution in [2.45, 2.75) is 20.1 Å². The topological polar surface area (TPSA) is 57.3 Å². The Kier molecular flexibility index (Phi) is 6.26. The van der Waals surface area contributed by atoms with Crippen molar-refractivity contribution in [1.82, 2.24) is 9.78 Å². The number of nitrogens with zero attached hydrogens (tertiary/aromatic N) is 2. The molecule has 0 aliphatic heterocycles. The summed E-state index contributed by atoms with van der Waals surface area (Å²) in [6, 6.07) is 8.25. The van der Waals surface area contributed by atoms with Crippen LogP contribution in [-0.2, 0) is 13.2 Å². The SMILES string of the molecule is CCn1ccc(C(=O)/C=C/c2ccc(COc3c(Cl)cc(Cl)cc3Cl)o2)n1. The highest BCUT2D eigenvalue weighted by Crippen LogP contribution is 2.36. The lowest BCUT2D eigenvalue weighted by Gasteiger charge is -2.08. The van der Waals surface area contributed by atoms with Crippen LogP contribution in [-0.4, -0.2) is 15.6 Å². The van der Waals surface area contributed by atoms with Gasteiger partial charge in [0.25, 0.3) is 0 Å². The van der Waals surface area contributed by atoms with Gasteiger partial charge in [0.2, 0.25) is 5.78 Å². The molecule has 0 atom stereocenters. The Morgan fingerprint density at radius 2 is 1.96 bits per heavy atom. The van der Waals surface area contributed by atoms with Gasteiger partial charge in [-0.25, -0.2) is 0 Å². The van der Waals surface area contributed by atoms with Crippen molar-refractivity contribution < 1.29 is 13.9 Å². The minimum atomic E-state index is -0.198. The number of furan rings is 1. The van der Waals surface area contributed by atoms with E-state index in [9.17, 15) is 4.79 Å². The molecule has 0 saturated carbocycles. The standard InChI is InChI=1S/C19H15Cl3N2O3/c1-2-24-8-7-17(23-24)18(25)6-5-13-3-4-14(27-13)11-26-19-15(21)9-12(20)10-16(19)22/h3-10H,2,11H2,1H3/b6-5+. The number of carbonyl (C=O) groups excluding carboxylic acids is 1. The molecule has 5 nitrogen and oxygen atoms in total. The zero-order valence-electron chi connectivity index (χ0n) is 14.3. The smallest absolute Gasteiger partial charge is 0.206 e. The monoisotopic (exact) mass is 424 g/mol. The summed E-state index contributed by atoms with van der Waals surface area (Å²) in [6.45, 7) is 2.79. The minimum Gasteiger partial charge on any atom is -0.483 e. The summed E-state index contributed by atoms with van der Waals surface area (Å²) in [7, 11) is 0. The van der Waals surface area contributed by atoms with Crippen molar-refractivity contribution in [3.63, 3.8) is 0 Å². The average molecular weight is 426 g/mol. The van der Waals surface area contributed by atoms with Crippen LogP contribution in [0.4, 0.5) is 0 Å². The van der Waals surface area contributed by atoms with Gasteiger partial charge < -0.3 is 9.15 Å². The van der Waals surface area contributed by atoms with Gasteiger partial charge in [-0.1, -0.05) is 34.8 Å². The number of hydrogen-bond acceptors (Lipinski definition) is 4. The molecule has 140 valence electrons. The van der Waals surface area contributed by atoms with Gasteiger partial charge in [0.1, 0.15) is 23.8 Å². The lowest BCUT2D eigenvalue weighted by Crippen LogP contribution is -1.99. The van der Waals surface area contributed by atoms with Crippen molar-refractivity contribution in [1.29, 1.82) is 0 Å². The molecule has 0 unspecified atom stereocenters. The molecule has 8 heteroatoms. The van der Waals surface area contributed by atoms with Gasteiger partial charge in [-0.2, -0.15) is 5.10 Å². The van der Waals surface area contributed by atoms with Crippen LogP contribution in [0.2, 0.25) is 15.1 Å². The normalized spacial score (nSPS) is 11.3. The lowest BCUT2D eigenvalue weighted by molar-refractivity contribution is 0.104. The average Bonchev–Trinajstić information content (AvgIpc) is 3.28. The first-order chi connectivity index (χ1) is 13.0. The Labute approximate surface area is 171 Å². The molecule has 1 aromatic carbocycles. The quantitative estimate of drug-likeness (QED) is 0.348. The summed E-state index contributed by atoms with van der Waals surface area (Å²) in [4.78, 5) is 12.1. The second-order valence-corrected chi connectivity index (χ2v) is 6.80. The van der Waals surface area contributed by atoms with Crippen LogP contribution >= 0.6 is 34.8 Å². The van der Waals surface area contributed by atoms with Crippen molar-refractivity contribution in [3.05, 3.63) is 74.9 Å². The van der Waals surface area contributed by atoms with Crippen LogP contribution in [0.1, 0.15) is 28.9 Å². The summed E-state index contributed by atoms with van der Waals surface area (Å²) in [6.07, 6.45) is 4.76. The maximum absolute atomic E-state index is 12.1. The molecule has 0 aliphatic rings. The van der Waals surface area contributed by atoms with E-state index >= 15 is 0 Å². The number of carbonyl (C=O) groups is 1. The molecule has 27 heavy (non-hydrogen) atoms. The Hall–Kier alpha value is -2.21. The Balaban J connectivity index is 1.62. The third-order valence-corrected chi connectivity index (χ3v) is 4.40. The Morgan fingerprint density at radius 1 is 1.22 bits per heavy atom. The molecule has 0 aliphatic carbocycles. The second-order valence-electron chi connectivity index (χ2n) is 5.55. The largest absolute Gasteiger partial charge is 0.483 e. The predicted octanol–water partition coefficient (Wildman–Crippen LogP) is 5.93. The molecule has 0 spiro atoms. The van der Waals surface area contributed by atoms with Gasteiger partial charge in [-0.05, 0) is 49.4 Å². The van der Waals surface area contributed by atoms with E-state index in [1.165, 1.54) is 6.08 Å². The molecule has 0 saturated heterocycles. The van der Waals surface area contributed by atoms with Crippen molar-refractivity contribution in [3.8, 4) is 5.75 Å². The number of rotatable bonds is 7.